The van der Waals surface area contributed by atoms with Crippen molar-refractivity contribution in [3.8, 4) is 0 Å². The molecule has 1 rings (SSSR count). The normalized spacial score (nSPS) is 20.1. The lowest BCUT2D eigenvalue weighted by molar-refractivity contribution is 0.0623. The topological polar surface area (TPSA) is 0 Å². The quantitative estimate of drug-likeness (QED) is 0.600. The molecule has 1 aliphatic carbocycles. The van der Waals surface area contributed by atoms with Gasteiger partial charge in [-0.05, 0) is 62.7 Å². The van der Waals surface area contributed by atoms with Crippen molar-refractivity contribution in [2.24, 2.45) is 0 Å². The van der Waals surface area contributed by atoms with Crippen molar-refractivity contribution >= 4 is 0 Å². The van der Waals surface area contributed by atoms with Crippen molar-refractivity contribution in [1.29, 1.82) is 0 Å². The third kappa shape index (κ3) is 3.65. The van der Waals surface area contributed by atoms with Gasteiger partial charge < -0.3 is 0 Å². The summed E-state index contributed by atoms with van der Waals surface area (Å²) in [7, 11) is 0. The number of allylic oxidation sites excluding steroid dienone is 4. The Morgan fingerprint density at radius 2 is 1.76 bits per heavy atom. The van der Waals surface area contributed by atoms with E-state index in [1.807, 2.05) is 6.92 Å². The molecule has 0 atom stereocenters. The summed E-state index contributed by atoms with van der Waals surface area (Å²) in [6, 6.07) is 0. The van der Waals surface area contributed by atoms with Crippen molar-refractivity contribution < 1.29 is 8.78 Å². The maximum Gasteiger partial charge on any atom is 0.266 e. The minimum Gasteiger partial charge on any atom is -0.202 e. The minimum atomic E-state index is -2.69. The monoisotopic (exact) mass is 242 g/mol. The molecule has 0 radical (unpaired) electrons. The van der Waals surface area contributed by atoms with Crippen molar-refractivity contribution in [3.63, 3.8) is 0 Å². The molecule has 0 bridgehead atoms. The first-order valence-electron chi connectivity index (χ1n) is 6.65. The van der Waals surface area contributed by atoms with Crippen LogP contribution in [0, 0.1) is 0 Å². The molecule has 0 heterocycles. The SMILES string of the molecule is CC/C(C1=C(C)CCCCC1)=C(/C)C(C)(F)F. The third-order valence-electron chi connectivity index (χ3n) is 3.82. The van der Waals surface area contributed by atoms with Crippen LogP contribution in [-0.2, 0) is 0 Å². The smallest absolute Gasteiger partial charge is 0.202 e. The second-order valence-corrected chi connectivity index (χ2v) is 5.17. The van der Waals surface area contributed by atoms with Gasteiger partial charge in [-0.25, -0.2) is 8.78 Å². The largest absolute Gasteiger partial charge is 0.266 e. The average molecular weight is 242 g/mol. The van der Waals surface area contributed by atoms with Crippen molar-refractivity contribution in [3.05, 3.63) is 22.3 Å². The molecule has 0 nitrogen and oxygen atoms in total. The molecule has 0 aliphatic heterocycles. The molecule has 0 aromatic carbocycles. The van der Waals surface area contributed by atoms with Gasteiger partial charge in [0.15, 0.2) is 0 Å². The molecule has 0 unspecified atom stereocenters. The molecule has 0 spiro atoms. The van der Waals surface area contributed by atoms with E-state index in [1.165, 1.54) is 24.0 Å². The Labute approximate surface area is 104 Å². The lowest BCUT2D eigenvalue weighted by Gasteiger charge is -2.20. The fraction of sp³-hybridized carbons (Fsp3) is 0.733. The molecule has 17 heavy (non-hydrogen) atoms. The van der Waals surface area contributed by atoms with Gasteiger partial charge in [0.05, 0.1) is 0 Å². The van der Waals surface area contributed by atoms with Crippen LogP contribution in [0.2, 0.25) is 0 Å². The van der Waals surface area contributed by atoms with Crippen molar-refractivity contribution in [2.75, 3.05) is 0 Å². The fourth-order valence-corrected chi connectivity index (χ4v) is 2.61. The Hall–Kier alpha value is -0.660. The lowest BCUT2D eigenvalue weighted by Crippen LogP contribution is -2.14. The van der Waals surface area contributed by atoms with E-state index >= 15 is 0 Å². The first-order valence-corrected chi connectivity index (χ1v) is 6.65. The number of halogens is 2. The van der Waals surface area contributed by atoms with Gasteiger partial charge in [-0.3, -0.25) is 0 Å². The summed E-state index contributed by atoms with van der Waals surface area (Å²) in [5.41, 5.74) is 3.69. The third-order valence-corrected chi connectivity index (χ3v) is 3.82. The fourth-order valence-electron chi connectivity index (χ4n) is 2.61. The van der Waals surface area contributed by atoms with Gasteiger partial charge in [-0.15, -0.1) is 0 Å². The van der Waals surface area contributed by atoms with Crippen LogP contribution in [0.15, 0.2) is 22.3 Å². The Bertz CT molecular complexity index is 329. The van der Waals surface area contributed by atoms with Crippen LogP contribution in [0.1, 0.15) is 66.2 Å². The standard InChI is InChI=1S/C15H24F2/c1-5-13(12(3)15(4,16)17)14-10-8-6-7-9-11(14)2/h5-10H2,1-4H3/b13-12+. The van der Waals surface area contributed by atoms with E-state index in [-0.39, 0.29) is 5.57 Å². The van der Waals surface area contributed by atoms with Gasteiger partial charge in [0.25, 0.3) is 5.92 Å². The van der Waals surface area contributed by atoms with Gasteiger partial charge in [-0.2, -0.15) is 0 Å². The maximum atomic E-state index is 13.5. The number of hydrogen-bond acceptors (Lipinski definition) is 0. The summed E-state index contributed by atoms with van der Waals surface area (Å²) in [4.78, 5) is 0. The highest BCUT2D eigenvalue weighted by Crippen LogP contribution is 2.36. The molecular weight excluding hydrogens is 218 g/mol. The molecule has 0 fully saturated rings. The Balaban J connectivity index is 3.17. The highest BCUT2D eigenvalue weighted by molar-refractivity contribution is 5.40. The van der Waals surface area contributed by atoms with E-state index < -0.39 is 5.92 Å². The molecule has 0 saturated carbocycles. The highest BCUT2D eigenvalue weighted by atomic mass is 19.3. The Kier molecular flexibility index (Phi) is 4.91. The van der Waals surface area contributed by atoms with Crippen molar-refractivity contribution in [2.45, 2.75) is 72.1 Å². The first-order chi connectivity index (χ1) is 7.88. The van der Waals surface area contributed by atoms with E-state index in [4.69, 9.17) is 0 Å². The maximum absolute atomic E-state index is 13.5. The molecule has 0 aromatic rings. The van der Waals surface area contributed by atoms with Crippen LogP contribution < -0.4 is 0 Å². The van der Waals surface area contributed by atoms with Crippen LogP contribution in [0.5, 0.6) is 0 Å². The van der Waals surface area contributed by atoms with Gasteiger partial charge in [0.2, 0.25) is 0 Å². The Morgan fingerprint density at radius 1 is 1.18 bits per heavy atom. The minimum absolute atomic E-state index is 0.260. The summed E-state index contributed by atoms with van der Waals surface area (Å²) < 4.78 is 26.9. The number of alkyl halides is 2. The lowest BCUT2D eigenvalue weighted by atomic mass is 9.89. The zero-order valence-electron chi connectivity index (χ0n) is 11.5. The van der Waals surface area contributed by atoms with Gasteiger partial charge in [-0.1, -0.05) is 18.9 Å². The van der Waals surface area contributed by atoms with Crippen molar-refractivity contribution in [1.82, 2.24) is 0 Å². The Morgan fingerprint density at radius 3 is 2.29 bits per heavy atom. The zero-order chi connectivity index (χ0) is 13.1. The summed E-state index contributed by atoms with van der Waals surface area (Å²) in [6.07, 6.45) is 6.32. The van der Waals surface area contributed by atoms with E-state index in [0.29, 0.717) is 6.42 Å². The summed E-state index contributed by atoms with van der Waals surface area (Å²) in [6.45, 7) is 6.68. The number of hydrogen-bond donors (Lipinski definition) is 0. The van der Waals surface area contributed by atoms with Crippen LogP contribution in [-0.4, -0.2) is 5.92 Å². The average Bonchev–Trinajstić information content (AvgIpc) is 2.44. The van der Waals surface area contributed by atoms with Crippen LogP contribution in [0.25, 0.3) is 0 Å². The molecule has 0 amide bonds. The molecule has 0 N–H and O–H groups in total. The molecule has 2 heteroatoms. The van der Waals surface area contributed by atoms with E-state index in [1.54, 1.807) is 6.92 Å². The summed E-state index contributed by atoms with van der Waals surface area (Å²) >= 11 is 0. The van der Waals surface area contributed by atoms with E-state index in [9.17, 15) is 8.78 Å². The molecule has 1 aliphatic rings. The second-order valence-electron chi connectivity index (χ2n) is 5.17. The van der Waals surface area contributed by atoms with Crippen LogP contribution in [0.4, 0.5) is 8.78 Å². The first kappa shape index (κ1) is 14.4. The number of rotatable bonds is 3. The molecule has 98 valence electrons. The zero-order valence-corrected chi connectivity index (χ0v) is 11.5. The van der Waals surface area contributed by atoms with Crippen LogP contribution in [0.3, 0.4) is 0 Å². The van der Waals surface area contributed by atoms with Gasteiger partial charge >= 0.3 is 0 Å². The summed E-state index contributed by atoms with van der Waals surface area (Å²) in [5, 5.41) is 0. The van der Waals surface area contributed by atoms with Crippen LogP contribution >= 0.6 is 0 Å². The molecule has 0 saturated heterocycles. The summed E-state index contributed by atoms with van der Waals surface area (Å²) in [5.74, 6) is -2.69. The van der Waals surface area contributed by atoms with E-state index in [2.05, 4.69) is 6.92 Å². The van der Waals surface area contributed by atoms with E-state index in [0.717, 1.165) is 31.8 Å². The second kappa shape index (κ2) is 5.79. The van der Waals surface area contributed by atoms with Gasteiger partial charge in [0, 0.05) is 6.92 Å². The molecule has 0 aromatic heterocycles. The molecular formula is C15H24F2. The highest BCUT2D eigenvalue weighted by Gasteiger charge is 2.27. The van der Waals surface area contributed by atoms with Gasteiger partial charge in [0.1, 0.15) is 0 Å². The predicted molar refractivity (Wildman–Crippen MR) is 69.4 cm³/mol. The predicted octanol–water partition coefficient (Wildman–Crippen LogP) is 5.65.